The molecule has 1 heterocycles. The third-order valence-electron chi connectivity index (χ3n) is 4.54. The fraction of sp³-hybridized carbons (Fsp3) is 0.150. The van der Waals surface area contributed by atoms with E-state index in [-0.39, 0.29) is 22.5 Å². The Kier molecular flexibility index (Phi) is 6.20. The normalized spacial score (nSPS) is 12.1. The Bertz CT molecular complexity index is 1280. The van der Waals surface area contributed by atoms with E-state index < -0.39 is 38.2 Å². The quantitative estimate of drug-likeness (QED) is 0.336. The molecule has 5 nitrogen and oxygen atoms in total. The Labute approximate surface area is 189 Å². The number of halogens is 5. The molecule has 11 heteroatoms. The van der Waals surface area contributed by atoms with Crippen molar-refractivity contribution in [3.8, 4) is 11.3 Å². The molecule has 0 fully saturated rings. The molecule has 2 aromatic carbocycles. The van der Waals surface area contributed by atoms with Gasteiger partial charge in [-0.2, -0.15) is 13.2 Å². The van der Waals surface area contributed by atoms with E-state index >= 15 is 0 Å². The first-order valence-corrected chi connectivity index (χ1v) is 11.5. The van der Waals surface area contributed by atoms with Crippen molar-refractivity contribution in [2.75, 3.05) is 11.6 Å². The van der Waals surface area contributed by atoms with E-state index in [1.807, 2.05) is 0 Å². The van der Waals surface area contributed by atoms with Crippen LogP contribution in [-0.4, -0.2) is 23.4 Å². The van der Waals surface area contributed by atoms with E-state index in [0.717, 1.165) is 24.5 Å². The van der Waals surface area contributed by atoms with Gasteiger partial charge in [-0.25, -0.2) is 12.8 Å². The first-order valence-electron chi connectivity index (χ1n) is 8.66. The van der Waals surface area contributed by atoms with Crippen molar-refractivity contribution in [2.24, 2.45) is 0 Å². The number of carbonyl (C=O) groups excluding carboxylic acids is 1. The second-order valence-electron chi connectivity index (χ2n) is 6.74. The Hall–Kier alpha value is -2.41. The number of carbonyl (C=O) groups is 1. The summed E-state index contributed by atoms with van der Waals surface area (Å²) in [6, 6.07) is 8.16. The molecule has 0 unspecified atom stereocenters. The number of aromatic nitrogens is 1. The standard InChI is InChI=1S/C20H15F4IN2O3S/c1-11-14(19(28)26-12-7-8-17(16(21)9-12)31(2,29)30)10-27(25)18(11)13-5-3-4-6-15(13)20(22,23)24/h3-10H,1-2H3,(H,26,28). The molecule has 164 valence electrons. The van der Waals surface area contributed by atoms with Gasteiger partial charge in [0.2, 0.25) is 0 Å². The van der Waals surface area contributed by atoms with Crippen LogP contribution in [0.2, 0.25) is 0 Å². The average molecular weight is 566 g/mol. The number of amides is 1. The van der Waals surface area contributed by atoms with Crippen LogP contribution in [0.25, 0.3) is 11.3 Å². The SMILES string of the molecule is Cc1c(C(=O)Nc2ccc(S(C)(=O)=O)c(F)c2)cn(I)c1-c1ccccc1C(F)(F)F. The van der Waals surface area contributed by atoms with Gasteiger partial charge in [0.25, 0.3) is 5.91 Å². The molecule has 0 aliphatic rings. The van der Waals surface area contributed by atoms with Crippen LogP contribution in [0.4, 0.5) is 23.2 Å². The summed E-state index contributed by atoms with van der Waals surface area (Å²) in [6.07, 6.45) is -2.35. The molecular formula is C20H15F4IN2O3S. The maximum absolute atomic E-state index is 14.1. The van der Waals surface area contributed by atoms with Crippen molar-refractivity contribution in [1.82, 2.24) is 2.78 Å². The maximum atomic E-state index is 14.1. The van der Waals surface area contributed by atoms with Crippen molar-refractivity contribution in [3.63, 3.8) is 0 Å². The average Bonchev–Trinajstić information content (AvgIpc) is 2.94. The molecule has 1 amide bonds. The summed E-state index contributed by atoms with van der Waals surface area (Å²) in [5.74, 6) is -1.70. The molecule has 0 aliphatic carbocycles. The third kappa shape index (κ3) is 4.76. The van der Waals surface area contributed by atoms with Gasteiger partial charge in [-0.3, -0.25) is 7.58 Å². The van der Waals surface area contributed by atoms with E-state index in [4.69, 9.17) is 0 Å². The van der Waals surface area contributed by atoms with Gasteiger partial charge in [0.15, 0.2) is 9.84 Å². The zero-order valence-corrected chi connectivity index (χ0v) is 19.1. The maximum Gasteiger partial charge on any atom is 0.417 e. The number of sulfone groups is 1. The monoisotopic (exact) mass is 566 g/mol. The predicted octanol–water partition coefficient (Wildman–Crippen LogP) is 5.48. The molecule has 3 aromatic rings. The van der Waals surface area contributed by atoms with Crippen molar-refractivity contribution in [2.45, 2.75) is 18.0 Å². The Morgan fingerprint density at radius 1 is 1.13 bits per heavy atom. The minimum atomic E-state index is -4.58. The molecule has 31 heavy (non-hydrogen) atoms. The summed E-state index contributed by atoms with van der Waals surface area (Å²) in [5, 5.41) is 2.44. The second-order valence-corrected chi connectivity index (χ2v) is 9.77. The van der Waals surface area contributed by atoms with Gasteiger partial charge >= 0.3 is 6.18 Å². The summed E-state index contributed by atoms with van der Waals surface area (Å²) < 4.78 is 78.8. The van der Waals surface area contributed by atoms with Crippen LogP contribution >= 0.6 is 22.9 Å². The topological polar surface area (TPSA) is 68.2 Å². The molecule has 1 aromatic heterocycles. The zero-order valence-electron chi connectivity index (χ0n) is 16.1. The van der Waals surface area contributed by atoms with Gasteiger partial charge in [-0.1, -0.05) is 18.2 Å². The third-order valence-corrected chi connectivity index (χ3v) is 6.43. The Balaban J connectivity index is 1.99. The molecule has 0 aliphatic heterocycles. The zero-order chi connectivity index (χ0) is 23.1. The lowest BCUT2D eigenvalue weighted by atomic mass is 10.00. The molecular weight excluding hydrogens is 551 g/mol. The number of rotatable bonds is 4. The van der Waals surface area contributed by atoms with Gasteiger partial charge in [0, 0.05) is 23.7 Å². The largest absolute Gasteiger partial charge is 0.417 e. The van der Waals surface area contributed by atoms with E-state index in [2.05, 4.69) is 5.32 Å². The fourth-order valence-electron chi connectivity index (χ4n) is 3.12. The van der Waals surface area contributed by atoms with Crippen LogP contribution in [0, 0.1) is 12.7 Å². The highest BCUT2D eigenvalue weighted by atomic mass is 127. The van der Waals surface area contributed by atoms with Crippen molar-refractivity contribution in [3.05, 3.63) is 71.2 Å². The summed E-state index contributed by atoms with van der Waals surface area (Å²) >= 11 is 1.78. The van der Waals surface area contributed by atoms with Gasteiger partial charge in [-0.15, -0.1) is 0 Å². The van der Waals surface area contributed by atoms with Crippen LogP contribution in [0.15, 0.2) is 53.6 Å². The Morgan fingerprint density at radius 3 is 2.35 bits per heavy atom. The van der Waals surface area contributed by atoms with Crippen molar-refractivity contribution >= 4 is 44.3 Å². The number of hydrogen-bond acceptors (Lipinski definition) is 3. The number of anilines is 1. The molecule has 0 spiro atoms. The van der Waals surface area contributed by atoms with Crippen LogP contribution in [0.5, 0.6) is 0 Å². The number of nitrogens with one attached hydrogen (secondary N) is 1. The van der Waals surface area contributed by atoms with Gasteiger partial charge in [-0.05, 0) is 36.8 Å². The van der Waals surface area contributed by atoms with Gasteiger partial charge < -0.3 is 5.32 Å². The first kappa shape index (κ1) is 23.3. The predicted molar refractivity (Wildman–Crippen MR) is 116 cm³/mol. The van der Waals surface area contributed by atoms with E-state index in [0.29, 0.717) is 5.56 Å². The van der Waals surface area contributed by atoms with Crippen LogP contribution in [0.3, 0.4) is 0 Å². The number of benzene rings is 2. The van der Waals surface area contributed by atoms with Crippen LogP contribution in [0.1, 0.15) is 21.5 Å². The Morgan fingerprint density at radius 2 is 1.77 bits per heavy atom. The molecule has 0 radical (unpaired) electrons. The first-order chi connectivity index (χ1) is 14.3. The van der Waals surface area contributed by atoms with Crippen molar-refractivity contribution < 1.29 is 30.8 Å². The summed E-state index contributed by atoms with van der Waals surface area (Å²) in [4.78, 5) is 12.2. The van der Waals surface area contributed by atoms with Gasteiger partial charge in [0.05, 0.1) is 39.7 Å². The molecule has 0 atom stereocenters. The summed E-state index contributed by atoms with van der Waals surface area (Å²) in [6.45, 7) is 1.51. The molecule has 3 rings (SSSR count). The van der Waals surface area contributed by atoms with Crippen LogP contribution < -0.4 is 5.32 Å². The molecule has 0 bridgehead atoms. The number of nitrogens with zero attached hydrogens (tertiary/aromatic N) is 1. The smallest absolute Gasteiger partial charge is 0.322 e. The van der Waals surface area contributed by atoms with E-state index in [1.165, 1.54) is 40.2 Å². The lowest BCUT2D eigenvalue weighted by Crippen LogP contribution is -2.13. The van der Waals surface area contributed by atoms with E-state index in [1.54, 1.807) is 22.9 Å². The van der Waals surface area contributed by atoms with Crippen molar-refractivity contribution in [1.29, 1.82) is 0 Å². The highest BCUT2D eigenvalue weighted by Gasteiger charge is 2.35. The lowest BCUT2D eigenvalue weighted by Gasteiger charge is -2.14. The minimum absolute atomic E-state index is 0.00718. The molecule has 0 saturated heterocycles. The molecule has 1 N–H and O–H groups in total. The second kappa shape index (κ2) is 8.26. The highest BCUT2D eigenvalue weighted by molar-refractivity contribution is 14.1. The summed E-state index contributed by atoms with van der Waals surface area (Å²) in [7, 11) is -3.77. The lowest BCUT2D eigenvalue weighted by molar-refractivity contribution is -0.137. The molecule has 0 saturated carbocycles. The fourth-order valence-corrected chi connectivity index (χ4v) is 4.75. The number of alkyl halides is 3. The van der Waals surface area contributed by atoms with Crippen LogP contribution in [-0.2, 0) is 16.0 Å². The highest BCUT2D eigenvalue weighted by Crippen LogP contribution is 2.40. The minimum Gasteiger partial charge on any atom is -0.322 e. The van der Waals surface area contributed by atoms with E-state index in [9.17, 15) is 30.8 Å². The summed E-state index contributed by atoms with van der Waals surface area (Å²) in [5.41, 5.74) is -0.306. The van der Waals surface area contributed by atoms with Gasteiger partial charge in [0.1, 0.15) is 10.7 Å². The number of hydrogen-bond donors (Lipinski definition) is 1.